The molecule has 1 amide bonds. The molecule has 2 N–H and O–H groups in total. The molecule has 0 radical (unpaired) electrons. The number of primary amides is 1. The molecule has 0 saturated heterocycles. The highest BCUT2D eigenvalue weighted by Gasteiger charge is 2.40. The van der Waals surface area contributed by atoms with E-state index in [0.29, 0.717) is 6.61 Å². The minimum Gasteiger partial charge on any atom is -0.492 e. The molecule has 0 fully saturated rings. The van der Waals surface area contributed by atoms with Crippen LogP contribution in [0.4, 0.5) is 4.79 Å². The number of benzene rings is 3. The minimum atomic E-state index is -0.769. The Morgan fingerprint density at radius 1 is 1.04 bits per heavy atom. The van der Waals surface area contributed by atoms with Crippen molar-refractivity contribution >= 4 is 16.9 Å². The fourth-order valence-electron chi connectivity index (χ4n) is 3.68. The van der Waals surface area contributed by atoms with Crippen molar-refractivity contribution < 1.29 is 14.3 Å². The number of hydrogen-bond donors (Lipinski definition) is 1. The quantitative estimate of drug-likeness (QED) is 0.704. The first kappa shape index (κ1) is 16.5. The van der Waals surface area contributed by atoms with E-state index in [1.54, 1.807) is 0 Å². The van der Waals surface area contributed by atoms with Gasteiger partial charge in [-0.1, -0.05) is 74.5 Å². The van der Waals surface area contributed by atoms with Gasteiger partial charge in [0.05, 0.1) is 6.61 Å². The Balaban J connectivity index is 1.92. The summed E-state index contributed by atoms with van der Waals surface area (Å²) in [6.45, 7) is 4.47. The molecule has 3 aromatic carbocycles. The molecule has 0 aromatic heterocycles. The first-order chi connectivity index (χ1) is 12.5. The second-order valence-electron chi connectivity index (χ2n) is 7.34. The molecule has 1 aliphatic heterocycles. The summed E-state index contributed by atoms with van der Waals surface area (Å²) in [7, 11) is 0. The SMILES string of the molecule is CC1(C)COc2c(ccc3c(-c4ccccc4)cccc23)C1OC(N)=O. The molecular formula is C22H21NO3. The third kappa shape index (κ3) is 2.68. The van der Waals surface area contributed by atoms with Crippen LogP contribution in [0.25, 0.3) is 21.9 Å². The molecule has 4 nitrogen and oxygen atoms in total. The predicted octanol–water partition coefficient (Wildman–Crippen LogP) is 5.06. The molecule has 26 heavy (non-hydrogen) atoms. The molecule has 4 heteroatoms. The zero-order chi connectivity index (χ0) is 18.3. The summed E-state index contributed by atoms with van der Waals surface area (Å²) in [5.41, 5.74) is 8.11. The summed E-state index contributed by atoms with van der Waals surface area (Å²) in [6.07, 6.45) is -1.21. The van der Waals surface area contributed by atoms with Gasteiger partial charge < -0.3 is 15.2 Å². The molecule has 0 spiro atoms. The Morgan fingerprint density at radius 2 is 1.81 bits per heavy atom. The first-order valence-corrected chi connectivity index (χ1v) is 8.67. The highest BCUT2D eigenvalue weighted by atomic mass is 16.6. The van der Waals surface area contributed by atoms with Crippen LogP contribution in [0, 0.1) is 5.41 Å². The smallest absolute Gasteiger partial charge is 0.405 e. The third-order valence-electron chi connectivity index (χ3n) is 4.94. The second-order valence-corrected chi connectivity index (χ2v) is 7.34. The largest absolute Gasteiger partial charge is 0.492 e. The molecule has 3 aromatic rings. The molecule has 4 rings (SSSR count). The van der Waals surface area contributed by atoms with Gasteiger partial charge in [-0.3, -0.25) is 0 Å². The number of hydrogen-bond acceptors (Lipinski definition) is 3. The number of rotatable bonds is 2. The maximum Gasteiger partial charge on any atom is 0.405 e. The first-order valence-electron chi connectivity index (χ1n) is 8.67. The third-order valence-corrected chi connectivity index (χ3v) is 4.94. The van der Waals surface area contributed by atoms with E-state index in [2.05, 4.69) is 24.3 Å². The monoisotopic (exact) mass is 347 g/mol. The van der Waals surface area contributed by atoms with Gasteiger partial charge in [-0.05, 0) is 16.5 Å². The highest BCUT2D eigenvalue weighted by Crippen LogP contribution is 2.48. The lowest BCUT2D eigenvalue weighted by Crippen LogP contribution is -2.37. The summed E-state index contributed by atoms with van der Waals surface area (Å²) >= 11 is 0. The fourth-order valence-corrected chi connectivity index (χ4v) is 3.68. The van der Waals surface area contributed by atoms with Gasteiger partial charge in [0.2, 0.25) is 0 Å². The number of ether oxygens (including phenoxy) is 2. The van der Waals surface area contributed by atoms with Crippen LogP contribution in [-0.4, -0.2) is 12.7 Å². The van der Waals surface area contributed by atoms with Crippen LogP contribution in [0.15, 0.2) is 60.7 Å². The van der Waals surface area contributed by atoms with Gasteiger partial charge in [-0.25, -0.2) is 4.79 Å². The predicted molar refractivity (Wildman–Crippen MR) is 102 cm³/mol. The van der Waals surface area contributed by atoms with Crippen molar-refractivity contribution in [2.75, 3.05) is 6.61 Å². The lowest BCUT2D eigenvalue weighted by atomic mass is 9.80. The molecule has 1 atom stereocenters. The topological polar surface area (TPSA) is 61.6 Å². The van der Waals surface area contributed by atoms with E-state index >= 15 is 0 Å². The van der Waals surface area contributed by atoms with Gasteiger partial charge in [-0.2, -0.15) is 0 Å². The fraction of sp³-hybridized carbons (Fsp3) is 0.227. The van der Waals surface area contributed by atoms with E-state index in [1.807, 2.05) is 50.2 Å². The number of fused-ring (bicyclic) bond motifs is 3. The number of carbonyl (C=O) groups excluding carboxylic acids is 1. The van der Waals surface area contributed by atoms with E-state index in [4.69, 9.17) is 15.2 Å². The van der Waals surface area contributed by atoms with E-state index in [9.17, 15) is 4.79 Å². The van der Waals surface area contributed by atoms with Gasteiger partial charge >= 0.3 is 6.09 Å². The summed E-state index contributed by atoms with van der Waals surface area (Å²) < 4.78 is 11.6. The Bertz CT molecular complexity index is 979. The number of amides is 1. The Morgan fingerprint density at radius 3 is 2.54 bits per heavy atom. The summed E-state index contributed by atoms with van der Waals surface area (Å²) in [6, 6.07) is 20.5. The zero-order valence-corrected chi connectivity index (χ0v) is 14.9. The Kier molecular flexibility index (Phi) is 3.83. The van der Waals surface area contributed by atoms with Crippen molar-refractivity contribution in [2.45, 2.75) is 20.0 Å². The molecule has 0 aliphatic carbocycles. The Hall–Kier alpha value is -3.01. The molecule has 1 unspecified atom stereocenters. The van der Waals surface area contributed by atoms with Gasteiger partial charge in [0.15, 0.2) is 0 Å². The van der Waals surface area contributed by atoms with Crippen molar-refractivity contribution in [3.8, 4) is 16.9 Å². The van der Waals surface area contributed by atoms with E-state index < -0.39 is 12.2 Å². The summed E-state index contributed by atoms with van der Waals surface area (Å²) in [5.74, 6) is 0.769. The maximum absolute atomic E-state index is 11.4. The second kappa shape index (κ2) is 6.06. The van der Waals surface area contributed by atoms with Gasteiger partial charge in [0.1, 0.15) is 11.9 Å². The molecule has 1 heterocycles. The van der Waals surface area contributed by atoms with Crippen LogP contribution in [-0.2, 0) is 4.74 Å². The van der Waals surface area contributed by atoms with Crippen LogP contribution in [0.1, 0.15) is 25.5 Å². The van der Waals surface area contributed by atoms with Crippen molar-refractivity contribution in [3.05, 3.63) is 66.2 Å². The average molecular weight is 347 g/mol. The molecule has 1 aliphatic rings. The lowest BCUT2D eigenvalue weighted by Gasteiger charge is -2.39. The van der Waals surface area contributed by atoms with Crippen LogP contribution in [0.3, 0.4) is 0 Å². The van der Waals surface area contributed by atoms with E-state index in [1.165, 1.54) is 0 Å². The van der Waals surface area contributed by atoms with Gasteiger partial charge in [0.25, 0.3) is 0 Å². The van der Waals surface area contributed by atoms with Gasteiger partial charge in [0, 0.05) is 16.4 Å². The van der Waals surface area contributed by atoms with Crippen LogP contribution >= 0.6 is 0 Å². The van der Waals surface area contributed by atoms with Crippen molar-refractivity contribution in [3.63, 3.8) is 0 Å². The van der Waals surface area contributed by atoms with Crippen LogP contribution in [0.5, 0.6) is 5.75 Å². The minimum absolute atomic E-state index is 0.354. The number of carbonyl (C=O) groups is 1. The maximum atomic E-state index is 11.4. The van der Waals surface area contributed by atoms with E-state index in [-0.39, 0.29) is 5.41 Å². The molecule has 0 bridgehead atoms. The normalized spacial score (nSPS) is 18.0. The van der Waals surface area contributed by atoms with Crippen molar-refractivity contribution in [1.82, 2.24) is 0 Å². The van der Waals surface area contributed by atoms with Crippen molar-refractivity contribution in [1.29, 1.82) is 0 Å². The Labute approximate surface area is 152 Å². The summed E-state index contributed by atoms with van der Waals surface area (Å²) in [5, 5.41) is 2.12. The standard InChI is InChI=1S/C22H21NO3/c1-22(2)13-25-19-17-10-6-9-15(14-7-4-3-5-8-14)16(17)11-12-18(19)20(22)26-21(23)24/h3-12,20H,13H2,1-2H3,(H2,23,24). The van der Waals surface area contributed by atoms with Crippen LogP contribution < -0.4 is 10.5 Å². The molecular weight excluding hydrogens is 326 g/mol. The average Bonchev–Trinajstić information content (AvgIpc) is 2.63. The van der Waals surface area contributed by atoms with E-state index in [0.717, 1.165) is 33.2 Å². The molecule has 0 saturated carbocycles. The lowest BCUT2D eigenvalue weighted by molar-refractivity contribution is -0.0169. The highest BCUT2D eigenvalue weighted by molar-refractivity contribution is 6.00. The zero-order valence-electron chi connectivity index (χ0n) is 14.9. The number of nitrogens with two attached hydrogens (primary N) is 1. The summed E-state index contributed by atoms with van der Waals surface area (Å²) in [4.78, 5) is 11.4. The van der Waals surface area contributed by atoms with Crippen molar-refractivity contribution in [2.24, 2.45) is 11.1 Å². The van der Waals surface area contributed by atoms with Gasteiger partial charge in [-0.15, -0.1) is 0 Å². The molecule has 132 valence electrons. The van der Waals surface area contributed by atoms with Crippen LogP contribution in [0.2, 0.25) is 0 Å².